The molecule has 0 aliphatic carbocycles. The van der Waals surface area contributed by atoms with Crippen LogP contribution in [0.25, 0.3) is 0 Å². The Kier molecular flexibility index (Phi) is 2.53. The first-order chi connectivity index (χ1) is 7.46. The number of nitrogens with zero attached hydrogens (tertiary/aromatic N) is 1. The van der Waals surface area contributed by atoms with Crippen LogP contribution in [0.1, 0.15) is 20.8 Å². The Balaban J connectivity index is 1.99. The van der Waals surface area contributed by atoms with Crippen LogP contribution in [0.3, 0.4) is 0 Å². The quantitative estimate of drug-likeness (QED) is 0.678. The van der Waals surface area contributed by atoms with E-state index < -0.39 is 5.60 Å². The number of carbonyl (C=O) groups is 1. The van der Waals surface area contributed by atoms with Crippen molar-refractivity contribution in [1.29, 1.82) is 0 Å². The van der Waals surface area contributed by atoms with Gasteiger partial charge in [0, 0.05) is 6.20 Å². The highest BCUT2D eigenvalue weighted by Gasteiger charge is 2.26. The third-order valence-electron chi connectivity index (χ3n) is 2.17. The van der Waals surface area contributed by atoms with Gasteiger partial charge in [-0.3, -0.25) is 4.90 Å². The molecular formula is C11H16N2O3. The van der Waals surface area contributed by atoms with E-state index in [1.807, 2.05) is 20.8 Å². The first-order valence-electron chi connectivity index (χ1n) is 5.23. The second kappa shape index (κ2) is 3.73. The summed E-state index contributed by atoms with van der Waals surface area (Å²) in [6.07, 6.45) is 3.10. The van der Waals surface area contributed by atoms with Crippen molar-refractivity contribution in [3.8, 4) is 0 Å². The van der Waals surface area contributed by atoms with Crippen molar-refractivity contribution >= 4 is 6.09 Å². The molecule has 16 heavy (non-hydrogen) atoms. The Hall–Kier alpha value is -1.65. The van der Waals surface area contributed by atoms with Crippen molar-refractivity contribution in [3.63, 3.8) is 0 Å². The molecule has 2 aliphatic rings. The van der Waals surface area contributed by atoms with Crippen LogP contribution in [0.2, 0.25) is 0 Å². The van der Waals surface area contributed by atoms with Crippen LogP contribution >= 0.6 is 0 Å². The number of amides is 1. The molecule has 1 N–H and O–H groups in total. The van der Waals surface area contributed by atoms with Crippen molar-refractivity contribution < 1.29 is 14.3 Å². The summed E-state index contributed by atoms with van der Waals surface area (Å²) >= 11 is 0. The lowest BCUT2D eigenvalue weighted by Crippen LogP contribution is -2.37. The fraction of sp³-hybridized carbons (Fsp3) is 0.545. The van der Waals surface area contributed by atoms with E-state index in [0.29, 0.717) is 13.3 Å². The first-order valence-corrected chi connectivity index (χ1v) is 5.23. The average molecular weight is 224 g/mol. The lowest BCUT2D eigenvalue weighted by molar-refractivity contribution is 0.0344. The second-order valence-corrected chi connectivity index (χ2v) is 4.73. The minimum absolute atomic E-state index is 0.344. The van der Waals surface area contributed by atoms with E-state index in [9.17, 15) is 4.79 Å². The maximum atomic E-state index is 11.8. The highest BCUT2D eigenvalue weighted by molar-refractivity contribution is 5.70. The molecule has 0 saturated heterocycles. The molecule has 0 aromatic carbocycles. The molecule has 0 spiro atoms. The van der Waals surface area contributed by atoms with Crippen LogP contribution in [0.4, 0.5) is 4.79 Å². The van der Waals surface area contributed by atoms with E-state index in [2.05, 4.69) is 5.32 Å². The van der Waals surface area contributed by atoms with Gasteiger partial charge in [0.2, 0.25) is 0 Å². The molecule has 5 nitrogen and oxygen atoms in total. The number of ether oxygens (including phenoxy) is 2. The number of hydrogen-bond donors (Lipinski definition) is 1. The fourth-order valence-corrected chi connectivity index (χ4v) is 1.48. The zero-order chi connectivity index (χ0) is 11.8. The van der Waals surface area contributed by atoms with E-state index in [4.69, 9.17) is 9.47 Å². The molecule has 0 bridgehead atoms. The lowest BCUT2D eigenvalue weighted by atomic mass is 10.2. The largest absolute Gasteiger partial charge is 0.471 e. The summed E-state index contributed by atoms with van der Waals surface area (Å²) in [6.45, 7) is 6.48. The van der Waals surface area contributed by atoms with Gasteiger partial charge in [0.15, 0.2) is 6.73 Å². The van der Waals surface area contributed by atoms with E-state index in [0.717, 1.165) is 11.5 Å². The smallest absolute Gasteiger partial charge is 0.414 e. The zero-order valence-electron chi connectivity index (χ0n) is 9.74. The standard InChI is InChI=1S/C11H16N2O3/c1-11(2,3)16-10(14)13-5-4-9-8(6-13)12-7-15-9/h4-5,12H,6-7H2,1-3H3. The fourth-order valence-electron chi connectivity index (χ4n) is 1.48. The predicted molar refractivity (Wildman–Crippen MR) is 58.2 cm³/mol. The maximum Gasteiger partial charge on any atom is 0.414 e. The van der Waals surface area contributed by atoms with Gasteiger partial charge < -0.3 is 14.8 Å². The van der Waals surface area contributed by atoms with Crippen molar-refractivity contribution in [2.75, 3.05) is 13.3 Å². The molecule has 5 heteroatoms. The van der Waals surface area contributed by atoms with Gasteiger partial charge in [-0.15, -0.1) is 0 Å². The molecule has 0 aromatic rings. The van der Waals surface area contributed by atoms with Gasteiger partial charge in [0.05, 0.1) is 12.2 Å². The van der Waals surface area contributed by atoms with Gasteiger partial charge in [0.1, 0.15) is 11.4 Å². The average Bonchev–Trinajstić information content (AvgIpc) is 2.61. The number of rotatable bonds is 0. The molecule has 0 unspecified atom stereocenters. The van der Waals surface area contributed by atoms with Crippen molar-refractivity contribution in [3.05, 3.63) is 23.7 Å². The molecule has 2 heterocycles. The van der Waals surface area contributed by atoms with Gasteiger partial charge in [-0.25, -0.2) is 4.79 Å². The molecule has 88 valence electrons. The molecule has 0 radical (unpaired) electrons. The summed E-state index contributed by atoms with van der Waals surface area (Å²) in [5.74, 6) is 0.805. The third-order valence-corrected chi connectivity index (χ3v) is 2.17. The zero-order valence-corrected chi connectivity index (χ0v) is 9.74. The molecule has 2 aliphatic heterocycles. The molecule has 0 fully saturated rings. The molecule has 0 atom stereocenters. The van der Waals surface area contributed by atoms with Crippen molar-refractivity contribution in [2.45, 2.75) is 26.4 Å². The monoisotopic (exact) mass is 224 g/mol. The second-order valence-electron chi connectivity index (χ2n) is 4.73. The Morgan fingerprint density at radius 1 is 1.56 bits per heavy atom. The van der Waals surface area contributed by atoms with Gasteiger partial charge in [-0.1, -0.05) is 0 Å². The van der Waals surface area contributed by atoms with Crippen LogP contribution in [-0.4, -0.2) is 29.9 Å². The van der Waals surface area contributed by atoms with Crippen LogP contribution in [0.15, 0.2) is 23.7 Å². The Labute approximate surface area is 94.7 Å². The van der Waals surface area contributed by atoms with Gasteiger partial charge >= 0.3 is 6.09 Å². The summed E-state index contributed by atoms with van der Waals surface area (Å²) in [7, 11) is 0. The normalized spacial score (nSPS) is 19.1. The predicted octanol–water partition coefficient (Wildman–Crippen LogP) is 1.54. The number of allylic oxidation sites excluding steroid dienone is 1. The Bertz CT molecular complexity index is 366. The van der Waals surface area contributed by atoms with E-state index in [-0.39, 0.29) is 6.09 Å². The first kappa shape index (κ1) is 10.9. The minimum Gasteiger partial charge on any atom is -0.471 e. The van der Waals surface area contributed by atoms with Gasteiger partial charge in [0.25, 0.3) is 0 Å². The molecule has 1 amide bonds. The van der Waals surface area contributed by atoms with Crippen LogP contribution in [0.5, 0.6) is 0 Å². The maximum absolute atomic E-state index is 11.8. The topological polar surface area (TPSA) is 50.8 Å². The highest BCUT2D eigenvalue weighted by atomic mass is 16.6. The number of nitrogens with one attached hydrogen (secondary N) is 1. The Morgan fingerprint density at radius 3 is 3.00 bits per heavy atom. The summed E-state index contributed by atoms with van der Waals surface area (Å²) in [5, 5.41) is 3.06. The van der Waals surface area contributed by atoms with Gasteiger partial charge in [-0.05, 0) is 26.8 Å². The van der Waals surface area contributed by atoms with E-state index in [1.165, 1.54) is 4.90 Å². The summed E-state index contributed by atoms with van der Waals surface area (Å²) in [5.41, 5.74) is 0.451. The number of carbonyl (C=O) groups excluding carboxylic acids is 1. The Morgan fingerprint density at radius 2 is 2.31 bits per heavy atom. The van der Waals surface area contributed by atoms with Crippen molar-refractivity contribution in [1.82, 2.24) is 10.2 Å². The van der Waals surface area contributed by atoms with E-state index in [1.54, 1.807) is 12.3 Å². The third kappa shape index (κ3) is 2.29. The highest BCUT2D eigenvalue weighted by Crippen LogP contribution is 2.20. The van der Waals surface area contributed by atoms with Crippen LogP contribution < -0.4 is 5.32 Å². The van der Waals surface area contributed by atoms with Crippen LogP contribution in [-0.2, 0) is 9.47 Å². The SMILES string of the molecule is CC(C)(C)OC(=O)N1C=CC2=C(C1)NCO2. The van der Waals surface area contributed by atoms with Crippen LogP contribution in [0, 0.1) is 0 Å². The van der Waals surface area contributed by atoms with E-state index >= 15 is 0 Å². The van der Waals surface area contributed by atoms with Gasteiger partial charge in [-0.2, -0.15) is 0 Å². The minimum atomic E-state index is -0.473. The number of hydrogen-bond acceptors (Lipinski definition) is 4. The summed E-state index contributed by atoms with van der Waals surface area (Å²) < 4.78 is 10.6. The molecule has 0 saturated carbocycles. The lowest BCUT2D eigenvalue weighted by Gasteiger charge is -2.26. The molecule has 0 aromatic heterocycles. The summed E-state index contributed by atoms with van der Waals surface area (Å²) in [6, 6.07) is 0. The summed E-state index contributed by atoms with van der Waals surface area (Å²) in [4.78, 5) is 13.3. The van der Waals surface area contributed by atoms with Crippen molar-refractivity contribution in [2.24, 2.45) is 0 Å². The molecule has 2 rings (SSSR count). The molecular weight excluding hydrogens is 208 g/mol.